The van der Waals surface area contributed by atoms with E-state index in [4.69, 9.17) is 5.11 Å². The van der Waals surface area contributed by atoms with Gasteiger partial charge in [0.1, 0.15) is 0 Å². The topological polar surface area (TPSA) is 40.5 Å². The lowest BCUT2D eigenvalue weighted by atomic mass is 9.92. The van der Waals surface area contributed by atoms with Crippen LogP contribution >= 0.6 is 11.8 Å². The van der Waals surface area contributed by atoms with Gasteiger partial charge in [0, 0.05) is 23.6 Å². The molecule has 1 aliphatic heterocycles. The summed E-state index contributed by atoms with van der Waals surface area (Å²) in [5.41, 5.74) is 1.31. The molecule has 1 aliphatic rings. The molecule has 0 spiro atoms. The van der Waals surface area contributed by atoms with Crippen LogP contribution in [0.3, 0.4) is 0 Å². The Morgan fingerprint density at radius 2 is 1.95 bits per heavy atom. The summed E-state index contributed by atoms with van der Waals surface area (Å²) in [6.07, 6.45) is 3.49. The van der Waals surface area contributed by atoms with Crippen molar-refractivity contribution in [2.45, 2.75) is 37.5 Å². The number of likely N-dealkylation sites (tertiary alicyclic amines) is 1. The number of nitrogens with zero attached hydrogens (tertiary/aromatic N) is 1. The van der Waals surface area contributed by atoms with E-state index in [1.807, 2.05) is 11.8 Å². The molecular formula is C17H25NO2S. The van der Waals surface area contributed by atoms with Gasteiger partial charge in [0.05, 0.1) is 0 Å². The standard InChI is InChI=1S/C17H25NO2S/c1-14-2-5-16(6-3-14)21-13-12-18-10-8-15(9-11-18)4-7-17(19)20/h2-3,5-6,15H,4,7-13H2,1H3,(H,19,20). The number of aliphatic carboxylic acids is 1. The number of carboxylic acids is 1. The number of piperidine rings is 1. The molecule has 0 atom stereocenters. The Morgan fingerprint density at radius 1 is 1.29 bits per heavy atom. The van der Waals surface area contributed by atoms with Crippen molar-refractivity contribution in [3.63, 3.8) is 0 Å². The van der Waals surface area contributed by atoms with Crippen LogP contribution in [0.2, 0.25) is 0 Å². The zero-order chi connectivity index (χ0) is 15.1. The average molecular weight is 307 g/mol. The van der Waals surface area contributed by atoms with Gasteiger partial charge in [-0.15, -0.1) is 11.8 Å². The van der Waals surface area contributed by atoms with E-state index in [0.29, 0.717) is 12.3 Å². The first-order valence-corrected chi connectivity index (χ1v) is 8.75. The smallest absolute Gasteiger partial charge is 0.303 e. The SMILES string of the molecule is Cc1ccc(SCCN2CCC(CCC(=O)O)CC2)cc1. The number of thioether (sulfide) groups is 1. The molecule has 1 aromatic carbocycles. The van der Waals surface area contributed by atoms with Crippen molar-refractivity contribution in [1.82, 2.24) is 4.90 Å². The molecule has 1 fully saturated rings. The molecule has 2 rings (SSSR count). The van der Waals surface area contributed by atoms with Crippen LogP contribution in [-0.4, -0.2) is 41.4 Å². The predicted molar refractivity (Wildman–Crippen MR) is 87.9 cm³/mol. The van der Waals surface area contributed by atoms with E-state index in [2.05, 4.69) is 36.1 Å². The van der Waals surface area contributed by atoms with Crippen molar-refractivity contribution in [2.24, 2.45) is 5.92 Å². The van der Waals surface area contributed by atoms with Crippen LogP contribution in [0.1, 0.15) is 31.2 Å². The number of carbonyl (C=O) groups is 1. The highest BCUT2D eigenvalue weighted by atomic mass is 32.2. The van der Waals surface area contributed by atoms with Crippen LogP contribution in [0.25, 0.3) is 0 Å². The van der Waals surface area contributed by atoms with Crippen molar-refractivity contribution in [3.05, 3.63) is 29.8 Å². The fourth-order valence-electron chi connectivity index (χ4n) is 2.75. The van der Waals surface area contributed by atoms with Crippen LogP contribution in [0.15, 0.2) is 29.2 Å². The van der Waals surface area contributed by atoms with Gasteiger partial charge in [-0.3, -0.25) is 4.79 Å². The molecule has 21 heavy (non-hydrogen) atoms. The lowest BCUT2D eigenvalue weighted by Crippen LogP contribution is -2.35. The van der Waals surface area contributed by atoms with E-state index in [-0.39, 0.29) is 0 Å². The van der Waals surface area contributed by atoms with E-state index in [1.165, 1.54) is 10.5 Å². The van der Waals surface area contributed by atoms with E-state index < -0.39 is 5.97 Å². The first kappa shape index (κ1) is 16.4. The zero-order valence-electron chi connectivity index (χ0n) is 12.8. The molecule has 3 nitrogen and oxygen atoms in total. The lowest BCUT2D eigenvalue weighted by molar-refractivity contribution is -0.137. The van der Waals surface area contributed by atoms with Crippen LogP contribution < -0.4 is 0 Å². The fourth-order valence-corrected chi connectivity index (χ4v) is 3.67. The summed E-state index contributed by atoms with van der Waals surface area (Å²) in [5.74, 6) is 1.08. The normalized spacial score (nSPS) is 17.0. The molecule has 1 aromatic rings. The maximum absolute atomic E-state index is 10.6. The Balaban J connectivity index is 1.60. The van der Waals surface area contributed by atoms with Crippen LogP contribution in [0.4, 0.5) is 0 Å². The second-order valence-electron chi connectivity index (χ2n) is 5.88. The Morgan fingerprint density at radius 3 is 2.57 bits per heavy atom. The third-order valence-corrected chi connectivity index (χ3v) is 5.16. The van der Waals surface area contributed by atoms with E-state index in [1.54, 1.807) is 0 Å². The molecule has 1 saturated heterocycles. The molecular weight excluding hydrogens is 282 g/mol. The molecule has 0 aliphatic carbocycles. The highest BCUT2D eigenvalue weighted by Crippen LogP contribution is 2.23. The molecule has 0 unspecified atom stereocenters. The monoisotopic (exact) mass is 307 g/mol. The maximum atomic E-state index is 10.6. The third-order valence-electron chi connectivity index (χ3n) is 4.17. The van der Waals surface area contributed by atoms with Gasteiger partial charge >= 0.3 is 5.97 Å². The van der Waals surface area contributed by atoms with Gasteiger partial charge in [-0.1, -0.05) is 17.7 Å². The molecule has 1 heterocycles. The summed E-state index contributed by atoms with van der Waals surface area (Å²) in [4.78, 5) is 14.4. The fraction of sp³-hybridized carbons (Fsp3) is 0.588. The van der Waals surface area contributed by atoms with Gasteiger partial charge in [-0.05, 0) is 57.3 Å². The summed E-state index contributed by atoms with van der Waals surface area (Å²) < 4.78 is 0. The molecule has 0 amide bonds. The van der Waals surface area contributed by atoms with E-state index in [0.717, 1.165) is 44.6 Å². The Labute approximate surface area is 131 Å². The summed E-state index contributed by atoms with van der Waals surface area (Å²) in [6.45, 7) is 5.49. The molecule has 0 bridgehead atoms. The maximum Gasteiger partial charge on any atom is 0.303 e. The van der Waals surface area contributed by atoms with Crippen molar-refractivity contribution in [2.75, 3.05) is 25.4 Å². The summed E-state index contributed by atoms with van der Waals surface area (Å²) in [6, 6.07) is 8.71. The minimum atomic E-state index is -0.660. The summed E-state index contributed by atoms with van der Waals surface area (Å²) in [5, 5.41) is 8.72. The zero-order valence-corrected chi connectivity index (χ0v) is 13.6. The Hall–Kier alpha value is -1.00. The molecule has 116 valence electrons. The largest absolute Gasteiger partial charge is 0.481 e. The molecule has 0 radical (unpaired) electrons. The highest BCUT2D eigenvalue weighted by Gasteiger charge is 2.19. The van der Waals surface area contributed by atoms with Gasteiger partial charge in [0.2, 0.25) is 0 Å². The number of aryl methyl sites for hydroxylation is 1. The van der Waals surface area contributed by atoms with Crippen molar-refractivity contribution >= 4 is 17.7 Å². The molecule has 0 saturated carbocycles. The van der Waals surface area contributed by atoms with Crippen molar-refractivity contribution in [3.8, 4) is 0 Å². The summed E-state index contributed by atoms with van der Waals surface area (Å²) in [7, 11) is 0. The second kappa shape index (κ2) is 8.44. The quantitative estimate of drug-likeness (QED) is 0.780. The first-order valence-electron chi connectivity index (χ1n) is 7.77. The average Bonchev–Trinajstić information content (AvgIpc) is 2.48. The minimum absolute atomic E-state index is 0.327. The van der Waals surface area contributed by atoms with Crippen LogP contribution in [0.5, 0.6) is 0 Å². The van der Waals surface area contributed by atoms with Crippen molar-refractivity contribution in [1.29, 1.82) is 0 Å². The van der Waals surface area contributed by atoms with Crippen LogP contribution in [-0.2, 0) is 4.79 Å². The number of hydrogen-bond donors (Lipinski definition) is 1. The van der Waals surface area contributed by atoms with E-state index >= 15 is 0 Å². The van der Waals surface area contributed by atoms with Gasteiger partial charge in [-0.2, -0.15) is 0 Å². The van der Waals surface area contributed by atoms with Gasteiger partial charge in [-0.25, -0.2) is 0 Å². The molecule has 0 aromatic heterocycles. The van der Waals surface area contributed by atoms with Crippen molar-refractivity contribution < 1.29 is 9.90 Å². The lowest BCUT2D eigenvalue weighted by Gasteiger charge is -2.31. The Bertz CT molecular complexity index is 439. The van der Waals surface area contributed by atoms with Gasteiger partial charge in [0.15, 0.2) is 0 Å². The Kier molecular flexibility index (Phi) is 6.58. The molecule has 4 heteroatoms. The minimum Gasteiger partial charge on any atom is -0.481 e. The number of rotatable bonds is 7. The molecule has 1 N–H and O–H groups in total. The van der Waals surface area contributed by atoms with Gasteiger partial charge < -0.3 is 10.0 Å². The second-order valence-corrected chi connectivity index (χ2v) is 7.05. The number of carboxylic acid groups (broad SMARTS) is 1. The summed E-state index contributed by atoms with van der Waals surface area (Å²) >= 11 is 1.92. The first-order chi connectivity index (χ1) is 10.1. The predicted octanol–water partition coefficient (Wildman–Crippen LogP) is 3.66. The number of hydrogen-bond acceptors (Lipinski definition) is 3. The highest BCUT2D eigenvalue weighted by molar-refractivity contribution is 7.99. The van der Waals surface area contributed by atoms with E-state index in [9.17, 15) is 4.79 Å². The van der Waals surface area contributed by atoms with Gasteiger partial charge in [0.25, 0.3) is 0 Å². The van der Waals surface area contributed by atoms with Crippen LogP contribution in [0, 0.1) is 12.8 Å². The number of benzene rings is 1. The third kappa shape index (κ3) is 6.10.